The number of H-pyrrole nitrogens is 1. The lowest BCUT2D eigenvalue weighted by molar-refractivity contribution is -0.151. The van der Waals surface area contributed by atoms with Crippen LogP contribution in [0, 0.1) is 121 Å². The van der Waals surface area contributed by atoms with Gasteiger partial charge in [0.25, 0.3) is 0 Å². The molecule has 0 aromatic carbocycles. The number of aliphatic hydroxyl groups excluding tert-OH is 3. The number of fused-ring (bicyclic) bond motifs is 15. The Bertz CT molecular complexity index is 3010. The summed E-state index contributed by atoms with van der Waals surface area (Å²) >= 11 is 3.43. The zero-order valence-electron chi connectivity index (χ0n) is 58.6. The Kier molecular flexibility index (Phi) is 21.1. The van der Waals surface area contributed by atoms with Gasteiger partial charge in [-0.15, -0.1) is 5.10 Å². The highest BCUT2D eigenvalue weighted by Crippen LogP contribution is 2.72. The van der Waals surface area contributed by atoms with E-state index in [1.165, 1.54) is 101 Å². The summed E-state index contributed by atoms with van der Waals surface area (Å²) in [7, 11) is 0. The largest absolute Gasteiger partial charge is 0.390 e. The standard InChI is InChI=1S/2C25H39N3O3.C22H35BrO2.C3H5N3O.CH4/c1-23(31)10-11-24(2)16(12-23)4-5-18-19-6-7-21(25(19,3)9-8-20(18)24)22(30)14-28-13-17(15-29)26-27-28;1-23(31)10-11-24(2)16(12-23)4-5-18-19-6-7-21(25(19,3)9-8-20(18)24)22(30)14-28-26-13-17(15-29)27-28;1-20(25)10-11-21(2)14(12-20)4-5-15-16-6-7-18(19(24)13-23)22(16,3)9-8-17(15)21;7-2-3-1-4-6-5-3;/h2*13,16,18-21,29,31H,4-12,14-15H2,1-3H3;14-18,25H,4-13H2,1-3H3;1,7H,2H2,(H,4,5,6);1H4/t2*16-,18-,19-,20-,21+,23+,24-,25-;14-,15-,16-,17-,18+,20+,21-,22-;;/m000../s1. The molecule has 24 atom stereocenters. The molecule has 3 aromatic heterocycles. The van der Waals surface area contributed by atoms with Gasteiger partial charge in [0.1, 0.15) is 36.0 Å². The van der Waals surface area contributed by atoms with Crippen LogP contribution in [0.2, 0.25) is 0 Å². The number of carbonyl (C=O) groups is 3. The number of Topliss-reactive ketones (excluding diaryl/α,β-unsaturated/α-hetero) is 3. The van der Waals surface area contributed by atoms with Crippen LogP contribution < -0.4 is 0 Å². The van der Waals surface area contributed by atoms with Gasteiger partial charge in [-0.05, 0) is 298 Å². The number of nitrogens with one attached hydrogen (secondary N) is 1. The first-order chi connectivity index (χ1) is 44.5. The molecule has 12 saturated carbocycles. The molecule has 7 N–H and O–H groups in total. The van der Waals surface area contributed by atoms with Crippen LogP contribution in [0.15, 0.2) is 18.6 Å². The second-order valence-electron chi connectivity index (χ2n) is 35.8. The smallest absolute Gasteiger partial charge is 0.159 e. The van der Waals surface area contributed by atoms with Gasteiger partial charge >= 0.3 is 0 Å². The summed E-state index contributed by atoms with van der Waals surface area (Å²) in [5.41, 5.74) is 1.76. The molecule has 3 heterocycles. The molecule has 0 spiro atoms. The highest BCUT2D eigenvalue weighted by Gasteiger charge is 2.65. The second kappa shape index (κ2) is 27.6. The summed E-state index contributed by atoms with van der Waals surface area (Å²) in [6.07, 6.45) is 35.6. The quantitative estimate of drug-likeness (QED) is 0.0879. The molecular weight excluding hydrogens is 1260 g/mol. The first-order valence-electron chi connectivity index (χ1n) is 37.2. The average molecular weight is 1390 g/mol. The van der Waals surface area contributed by atoms with Crippen LogP contribution in [-0.2, 0) is 47.3 Å². The summed E-state index contributed by atoms with van der Waals surface area (Å²) in [4.78, 5) is 40.6. The van der Waals surface area contributed by atoms with Crippen LogP contribution in [0.1, 0.15) is 260 Å². The molecule has 18 nitrogen and oxygen atoms in total. The van der Waals surface area contributed by atoms with Crippen molar-refractivity contribution in [3.8, 4) is 0 Å². The van der Waals surface area contributed by atoms with Crippen molar-refractivity contribution >= 4 is 33.3 Å². The Balaban J connectivity index is 0.000000138. The topological polar surface area (TPSA) is 276 Å². The molecule has 0 amide bonds. The molecule has 12 aliphatic rings. The Morgan fingerprint density at radius 2 is 0.863 bits per heavy atom. The second-order valence-corrected chi connectivity index (χ2v) is 36.4. The third kappa shape index (κ3) is 13.5. The molecule has 0 aliphatic heterocycles. The third-order valence-corrected chi connectivity index (χ3v) is 31.4. The van der Waals surface area contributed by atoms with Crippen molar-refractivity contribution in [2.24, 2.45) is 121 Å². The van der Waals surface area contributed by atoms with Crippen LogP contribution in [0.25, 0.3) is 0 Å². The molecule has 0 saturated heterocycles. The average Bonchev–Trinajstić information content (AvgIpc) is 1.72. The van der Waals surface area contributed by atoms with Gasteiger partial charge in [-0.3, -0.25) is 14.4 Å². The van der Waals surface area contributed by atoms with Crippen LogP contribution in [0.3, 0.4) is 0 Å². The number of ketones is 3. The molecule has 12 fully saturated rings. The van der Waals surface area contributed by atoms with E-state index in [0.29, 0.717) is 74.0 Å². The van der Waals surface area contributed by atoms with E-state index >= 15 is 0 Å². The maximum atomic E-state index is 13.3. The van der Waals surface area contributed by atoms with E-state index < -0.39 is 16.8 Å². The Hall–Kier alpha value is -3.33. The minimum atomic E-state index is -0.485. The predicted molar refractivity (Wildman–Crippen MR) is 367 cm³/mol. The highest BCUT2D eigenvalue weighted by molar-refractivity contribution is 9.09. The predicted octanol–water partition coefficient (Wildman–Crippen LogP) is 12.8. The first kappa shape index (κ1) is 72.9. The van der Waals surface area contributed by atoms with Gasteiger partial charge in [-0.2, -0.15) is 30.4 Å². The molecule has 0 unspecified atom stereocenters. The van der Waals surface area contributed by atoms with Gasteiger partial charge in [0.2, 0.25) is 0 Å². The van der Waals surface area contributed by atoms with Crippen LogP contribution >= 0.6 is 15.9 Å². The maximum absolute atomic E-state index is 13.3. The van der Waals surface area contributed by atoms with Crippen LogP contribution in [0.5, 0.6) is 0 Å². The monoisotopic (exact) mass is 1380 g/mol. The number of alkyl halides is 1. The van der Waals surface area contributed by atoms with E-state index in [0.717, 1.165) is 125 Å². The fraction of sp³-hybridized carbons (Fsp3) is 0.882. The van der Waals surface area contributed by atoms with Crippen molar-refractivity contribution in [2.45, 2.75) is 293 Å². The summed E-state index contributed by atoms with van der Waals surface area (Å²) in [5, 5.41) is 84.9. The lowest BCUT2D eigenvalue weighted by atomic mass is 9.44. The van der Waals surface area contributed by atoms with Gasteiger partial charge in [0.15, 0.2) is 11.6 Å². The van der Waals surface area contributed by atoms with Gasteiger partial charge in [0.05, 0.1) is 60.5 Å². The fourth-order valence-electron chi connectivity index (χ4n) is 25.8. The minimum Gasteiger partial charge on any atom is -0.390 e. The molecule has 0 radical (unpaired) electrons. The van der Waals surface area contributed by atoms with Crippen LogP contribution in [0.4, 0.5) is 0 Å². The Morgan fingerprint density at radius 3 is 1.21 bits per heavy atom. The number of carbonyl (C=O) groups excluding carboxylic acids is 3. The lowest BCUT2D eigenvalue weighted by Crippen LogP contribution is -2.55. The van der Waals surface area contributed by atoms with E-state index in [1.807, 2.05) is 20.8 Å². The van der Waals surface area contributed by atoms with Crippen molar-refractivity contribution in [2.75, 3.05) is 5.33 Å². The van der Waals surface area contributed by atoms with Crippen molar-refractivity contribution in [1.29, 1.82) is 0 Å². The number of aliphatic hydroxyl groups is 6. The molecule has 95 heavy (non-hydrogen) atoms. The Labute approximate surface area is 575 Å². The summed E-state index contributed by atoms with van der Waals surface area (Å²) in [6.45, 7) is 21.1. The van der Waals surface area contributed by atoms with Gasteiger partial charge in [-0.25, -0.2) is 4.68 Å². The number of hydrogen-bond donors (Lipinski definition) is 7. The van der Waals surface area contributed by atoms with E-state index in [4.69, 9.17) is 5.11 Å². The number of halogens is 1. The van der Waals surface area contributed by atoms with Crippen LogP contribution in [-0.4, -0.2) is 116 Å². The molecule has 3 aromatic rings. The number of hydrogen-bond acceptors (Lipinski definition) is 15. The van der Waals surface area contributed by atoms with E-state index in [9.17, 15) is 39.9 Å². The molecule has 19 heteroatoms. The fourth-order valence-corrected chi connectivity index (χ4v) is 26.2. The summed E-state index contributed by atoms with van der Waals surface area (Å²) in [5.74, 6) is 10.1. The highest BCUT2D eigenvalue weighted by atomic mass is 79.9. The first-order valence-corrected chi connectivity index (χ1v) is 38.4. The maximum Gasteiger partial charge on any atom is 0.159 e. The minimum absolute atomic E-state index is 0. The number of aromatic nitrogens is 9. The van der Waals surface area contributed by atoms with E-state index in [-0.39, 0.29) is 85.9 Å². The van der Waals surface area contributed by atoms with E-state index in [1.54, 1.807) is 17.1 Å². The SMILES string of the molecule is C.C[C@@]1(O)CC[C@@]2(C)[C@@H](CC[C@@H]3[C@@H]2CC[C@]2(C)[C@@H](C(=O)CBr)CC[C@@H]32)C1.C[C@@]1(O)CC[C@@]2(C)[C@@H](CC[C@@H]3[C@@H]2CC[C@]2(C)[C@@H](C(=O)Cn4cc(CO)nn4)CC[C@@H]32)C1.C[C@@]1(O)CC[C@@]2(C)[C@@H](CC[C@@H]3[C@@H]2CC[C@]2(C)[C@@H](C(=O)Cn4ncc(CO)n4)CC[C@@H]32)C1.OCc1cn[nH]n1. The summed E-state index contributed by atoms with van der Waals surface area (Å²) in [6, 6.07) is 0. The molecule has 532 valence electrons. The third-order valence-electron chi connectivity index (χ3n) is 30.9. The van der Waals surface area contributed by atoms with Crippen molar-refractivity contribution in [1.82, 2.24) is 45.4 Å². The molecule has 15 rings (SSSR count). The Morgan fingerprint density at radius 1 is 0.474 bits per heavy atom. The van der Waals surface area contributed by atoms with E-state index in [2.05, 4.69) is 93.4 Å². The molecule has 12 aliphatic carbocycles. The van der Waals surface area contributed by atoms with Crippen molar-refractivity contribution in [3.05, 3.63) is 35.7 Å². The molecule has 0 bridgehead atoms. The zero-order valence-corrected chi connectivity index (χ0v) is 60.2. The number of rotatable bonds is 11. The lowest BCUT2D eigenvalue weighted by Gasteiger charge is -2.61. The van der Waals surface area contributed by atoms with Crippen molar-refractivity contribution in [3.63, 3.8) is 0 Å². The number of nitrogens with zero attached hydrogens (tertiary/aromatic N) is 8. The molecular formula is C76H122BrN9O9. The normalized spacial score (nSPS) is 45.7. The van der Waals surface area contributed by atoms with Gasteiger partial charge < -0.3 is 30.6 Å². The zero-order chi connectivity index (χ0) is 67.2. The van der Waals surface area contributed by atoms with Crippen molar-refractivity contribution < 1.29 is 45.0 Å². The van der Waals surface area contributed by atoms with Gasteiger partial charge in [0, 0.05) is 17.8 Å². The summed E-state index contributed by atoms with van der Waals surface area (Å²) < 4.78 is 1.59. The van der Waals surface area contributed by atoms with Gasteiger partial charge in [-0.1, -0.05) is 70.1 Å². The number of aromatic amines is 1.